The summed E-state index contributed by atoms with van der Waals surface area (Å²) < 4.78 is 10.9. The Morgan fingerprint density at radius 2 is 1.95 bits per heavy atom. The Morgan fingerprint density at radius 3 is 2.58 bits per heavy atom. The standard InChI is InChI=1S/C15H20N2O2/c1-10-9-16-15(19-10)12(3)17-11(2)13-7-5-6-8-14(13)18-4/h5-9,11-12,17H,1-4H3. The zero-order valence-electron chi connectivity index (χ0n) is 11.8. The Kier molecular flexibility index (Phi) is 4.22. The molecule has 0 saturated carbocycles. The van der Waals surface area contributed by atoms with Crippen molar-refractivity contribution in [2.24, 2.45) is 0 Å². The van der Waals surface area contributed by atoms with E-state index in [4.69, 9.17) is 9.15 Å². The Hall–Kier alpha value is -1.81. The lowest BCUT2D eigenvalue weighted by Gasteiger charge is -2.20. The lowest BCUT2D eigenvalue weighted by Crippen LogP contribution is -2.23. The van der Waals surface area contributed by atoms with Gasteiger partial charge in [0, 0.05) is 11.6 Å². The summed E-state index contributed by atoms with van der Waals surface area (Å²) >= 11 is 0. The van der Waals surface area contributed by atoms with Gasteiger partial charge in [-0.25, -0.2) is 4.98 Å². The van der Waals surface area contributed by atoms with Crippen molar-refractivity contribution in [1.82, 2.24) is 10.3 Å². The van der Waals surface area contributed by atoms with Crippen molar-refractivity contribution in [3.8, 4) is 5.75 Å². The fourth-order valence-corrected chi connectivity index (χ4v) is 2.13. The number of ether oxygens (including phenoxy) is 1. The Balaban J connectivity index is 2.10. The number of rotatable bonds is 5. The first-order valence-corrected chi connectivity index (χ1v) is 6.43. The molecule has 2 aromatic rings. The van der Waals surface area contributed by atoms with Crippen molar-refractivity contribution >= 4 is 0 Å². The van der Waals surface area contributed by atoms with Crippen LogP contribution in [0.2, 0.25) is 0 Å². The van der Waals surface area contributed by atoms with Gasteiger partial charge >= 0.3 is 0 Å². The first-order valence-electron chi connectivity index (χ1n) is 6.43. The van der Waals surface area contributed by atoms with Crippen LogP contribution in [0.4, 0.5) is 0 Å². The molecule has 0 radical (unpaired) electrons. The third-order valence-corrected chi connectivity index (χ3v) is 3.12. The van der Waals surface area contributed by atoms with Gasteiger partial charge in [-0.2, -0.15) is 0 Å². The lowest BCUT2D eigenvalue weighted by molar-refractivity contribution is 0.367. The second kappa shape index (κ2) is 5.89. The molecule has 2 unspecified atom stereocenters. The van der Waals surface area contributed by atoms with E-state index in [2.05, 4.69) is 23.3 Å². The number of aryl methyl sites for hydroxylation is 1. The summed E-state index contributed by atoms with van der Waals surface area (Å²) in [6.07, 6.45) is 1.74. The Morgan fingerprint density at radius 1 is 1.21 bits per heavy atom. The molecular weight excluding hydrogens is 240 g/mol. The fraction of sp³-hybridized carbons (Fsp3) is 0.400. The number of benzene rings is 1. The number of oxazole rings is 1. The molecule has 0 amide bonds. The number of para-hydroxylation sites is 1. The monoisotopic (exact) mass is 260 g/mol. The Bertz CT molecular complexity index is 536. The largest absolute Gasteiger partial charge is 0.496 e. The maximum absolute atomic E-state index is 5.53. The molecule has 0 aliphatic heterocycles. The van der Waals surface area contributed by atoms with Crippen molar-refractivity contribution in [2.75, 3.05) is 7.11 Å². The van der Waals surface area contributed by atoms with Gasteiger partial charge in [0.1, 0.15) is 11.5 Å². The molecule has 102 valence electrons. The van der Waals surface area contributed by atoms with Crippen molar-refractivity contribution in [3.63, 3.8) is 0 Å². The maximum Gasteiger partial charge on any atom is 0.211 e. The zero-order valence-corrected chi connectivity index (χ0v) is 11.8. The normalized spacial score (nSPS) is 14.1. The number of hydrogen-bond acceptors (Lipinski definition) is 4. The molecule has 1 aromatic heterocycles. The first-order chi connectivity index (χ1) is 9.11. The topological polar surface area (TPSA) is 47.3 Å². The molecule has 0 spiro atoms. The van der Waals surface area contributed by atoms with E-state index >= 15 is 0 Å². The minimum absolute atomic E-state index is 0.0496. The van der Waals surface area contributed by atoms with E-state index in [9.17, 15) is 0 Å². The van der Waals surface area contributed by atoms with Crippen LogP contribution in [0.3, 0.4) is 0 Å². The van der Waals surface area contributed by atoms with Gasteiger partial charge in [-0.15, -0.1) is 0 Å². The van der Waals surface area contributed by atoms with Crippen LogP contribution in [-0.2, 0) is 0 Å². The summed E-state index contributed by atoms with van der Waals surface area (Å²) in [7, 11) is 1.69. The van der Waals surface area contributed by atoms with Gasteiger partial charge in [0.25, 0.3) is 0 Å². The van der Waals surface area contributed by atoms with Gasteiger partial charge < -0.3 is 9.15 Å². The molecule has 0 bridgehead atoms. The minimum Gasteiger partial charge on any atom is -0.496 e. The number of aromatic nitrogens is 1. The molecule has 0 fully saturated rings. The molecule has 0 aliphatic carbocycles. The summed E-state index contributed by atoms with van der Waals surface area (Å²) in [5, 5.41) is 3.46. The van der Waals surface area contributed by atoms with Crippen LogP contribution in [0.25, 0.3) is 0 Å². The van der Waals surface area contributed by atoms with E-state index < -0.39 is 0 Å². The van der Waals surface area contributed by atoms with Crippen molar-refractivity contribution in [3.05, 3.63) is 47.7 Å². The highest BCUT2D eigenvalue weighted by molar-refractivity contribution is 5.35. The fourth-order valence-electron chi connectivity index (χ4n) is 2.13. The van der Waals surface area contributed by atoms with E-state index in [0.717, 1.165) is 17.1 Å². The van der Waals surface area contributed by atoms with Gasteiger partial charge in [0.05, 0.1) is 19.3 Å². The van der Waals surface area contributed by atoms with E-state index in [1.807, 2.05) is 32.0 Å². The average molecular weight is 260 g/mol. The second-order valence-corrected chi connectivity index (χ2v) is 4.66. The zero-order chi connectivity index (χ0) is 13.8. The predicted molar refractivity (Wildman–Crippen MR) is 74.2 cm³/mol. The summed E-state index contributed by atoms with van der Waals surface area (Å²) in [5.41, 5.74) is 1.13. The summed E-state index contributed by atoms with van der Waals surface area (Å²) in [6, 6.07) is 8.20. The minimum atomic E-state index is 0.0496. The highest BCUT2D eigenvalue weighted by Gasteiger charge is 2.17. The van der Waals surface area contributed by atoms with Gasteiger partial charge in [-0.1, -0.05) is 18.2 Å². The van der Waals surface area contributed by atoms with E-state index in [0.29, 0.717) is 5.89 Å². The molecule has 1 aromatic carbocycles. The molecule has 19 heavy (non-hydrogen) atoms. The molecule has 4 nitrogen and oxygen atoms in total. The van der Waals surface area contributed by atoms with Crippen LogP contribution in [0, 0.1) is 6.92 Å². The molecule has 2 atom stereocenters. The van der Waals surface area contributed by atoms with Crippen molar-refractivity contribution < 1.29 is 9.15 Å². The molecule has 1 N–H and O–H groups in total. The van der Waals surface area contributed by atoms with Crippen LogP contribution < -0.4 is 10.1 Å². The average Bonchev–Trinajstić information content (AvgIpc) is 2.85. The van der Waals surface area contributed by atoms with Crippen LogP contribution in [0.15, 0.2) is 34.9 Å². The summed E-state index contributed by atoms with van der Waals surface area (Å²) in [6.45, 7) is 6.04. The highest BCUT2D eigenvalue weighted by Crippen LogP contribution is 2.26. The molecule has 2 rings (SSSR count). The van der Waals surface area contributed by atoms with Crippen molar-refractivity contribution in [2.45, 2.75) is 32.9 Å². The van der Waals surface area contributed by atoms with E-state index in [1.165, 1.54) is 0 Å². The smallest absolute Gasteiger partial charge is 0.211 e. The van der Waals surface area contributed by atoms with Crippen LogP contribution >= 0.6 is 0 Å². The molecule has 0 saturated heterocycles. The molecular formula is C15H20N2O2. The first kappa shape index (κ1) is 13.6. The molecule has 0 aliphatic rings. The van der Waals surface area contributed by atoms with Crippen molar-refractivity contribution in [1.29, 1.82) is 0 Å². The van der Waals surface area contributed by atoms with Crippen LogP contribution in [0.5, 0.6) is 5.75 Å². The van der Waals surface area contributed by atoms with Gasteiger partial charge in [0.2, 0.25) is 5.89 Å². The number of nitrogens with zero attached hydrogens (tertiary/aromatic N) is 1. The van der Waals surface area contributed by atoms with Gasteiger partial charge in [-0.3, -0.25) is 5.32 Å². The molecule has 4 heteroatoms. The number of hydrogen-bond donors (Lipinski definition) is 1. The van der Waals surface area contributed by atoms with Crippen LogP contribution in [-0.4, -0.2) is 12.1 Å². The number of nitrogens with one attached hydrogen (secondary N) is 1. The third kappa shape index (κ3) is 3.15. The molecule has 1 heterocycles. The highest BCUT2D eigenvalue weighted by atomic mass is 16.5. The maximum atomic E-state index is 5.53. The second-order valence-electron chi connectivity index (χ2n) is 4.66. The third-order valence-electron chi connectivity index (χ3n) is 3.12. The lowest BCUT2D eigenvalue weighted by atomic mass is 10.1. The van der Waals surface area contributed by atoms with Gasteiger partial charge in [0.15, 0.2) is 0 Å². The predicted octanol–water partition coefficient (Wildman–Crippen LogP) is 3.40. The van der Waals surface area contributed by atoms with E-state index in [1.54, 1.807) is 13.3 Å². The van der Waals surface area contributed by atoms with Gasteiger partial charge in [-0.05, 0) is 26.8 Å². The summed E-state index contributed by atoms with van der Waals surface area (Å²) in [5.74, 6) is 2.42. The number of methoxy groups -OCH3 is 1. The quantitative estimate of drug-likeness (QED) is 0.895. The summed E-state index contributed by atoms with van der Waals surface area (Å²) in [4.78, 5) is 4.24. The SMILES string of the molecule is COc1ccccc1C(C)NC(C)c1ncc(C)o1. The van der Waals surface area contributed by atoms with E-state index in [-0.39, 0.29) is 12.1 Å². The van der Waals surface area contributed by atoms with Crippen LogP contribution in [0.1, 0.15) is 43.1 Å². The Labute approximate surface area is 113 Å².